The van der Waals surface area contributed by atoms with E-state index in [9.17, 15) is 22.4 Å². The van der Waals surface area contributed by atoms with Crippen molar-refractivity contribution in [3.05, 3.63) is 65.2 Å². The number of hydrogen-bond donors (Lipinski definition) is 1. The molecule has 0 heterocycles. The maximum Gasteiger partial charge on any atom is 0.230 e. The van der Waals surface area contributed by atoms with Crippen LogP contribution in [0.4, 0.5) is 17.6 Å². The second-order valence-corrected chi connectivity index (χ2v) is 5.84. The Hall–Kier alpha value is -2.02. The Bertz CT molecular complexity index is 723. The van der Waals surface area contributed by atoms with Gasteiger partial charge in [-0.05, 0) is 31.2 Å². The molecule has 0 spiro atoms. The van der Waals surface area contributed by atoms with Crippen molar-refractivity contribution >= 4 is 17.7 Å². The van der Waals surface area contributed by atoms with Crippen LogP contribution in [-0.4, -0.2) is 11.7 Å². The zero-order valence-electron chi connectivity index (χ0n) is 12.1. The predicted molar refractivity (Wildman–Crippen MR) is 80.0 cm³/mol. The van der Waals surface area contributed by atoms with E-state index in [2.05, 4.69) is 5.32 Å². The van der Waals surface area contributed by atoms with Crippen LogP contribution in [0, 0.1) is 23.3 Å². The first kappa shape index (κ1) is 17.3. The smallest absolute Gasteiger partial charge is 0.230 e. The van der Waals surface area contributed by atoms with Gasteiger partial charge in [-0.2, -0.15) is 0 Å². The van der Waals surface area contributed by atoms with E-state index in [4.69, 9.17) is 0 Å². The van der Waals surface area contributed by atoms with E-state index in [0.29, 0.717) is 0 Å². The Morgan fingerprint density at radius 3 is 2.39 bits per heavy atom. The van der Waals surface area contributed by atoms with Crippen molar-refractivity contribution in [3.8, 4) is 0 Å². The van der Waals surface area contributed by atoms with Gasteiger partial charge in [0, 0.05) is 16.5 Å². The van der Waals surface area contributed by atoms with Gasteiger partial charge in [-0.1, -0.05) is 6.07 Å². The fraction of sp³-hybridized carbons (Fsp3) is 0.188. The minimum atomic E-state index is -0.762. The van der Waals surface area contributed by atoms with Crippen LogP contribution in [0.3, 0.4) is 0 Å². The quantitative estimate of drug-likeness (QED) is 0.651. The van der Waals surface area contributed by atoms with Crippen LogP contribution in [-0.2, 0) is 4.79 Å². The van der Waals surface area contributed by atoms with Gasteiger partial charge in [-0.3, -0.25) is 4.79 Å². The van der Waals surface area contributed by atoms with Crippen LogP contribution < -0.4 is 5.32 Å². The third kappa shape index (κ3) is 4.72. The van der Waals surface area contributed by atoms with Crippen molar-refractivity contribution in [3.63, 3.8) is 0 Å². The molecular formula is C16H13F4NOS. The van der Waals surface area contributed by atoms with Crippen molar-refractivity contribution in [1.29, 1.82) is 0 Å². The highest BCUT2D eigenvalue weighted by Gasteiger charge is 2.15. The summed E-state index contributed by atoms with van der Waals surface area (Å²) >= 11 is 0.832. The lowest BCUT2D eigenvalue weighted by Gasteiger charge is -2.15. The second kappa shape index (κ2) is 7.50. The summed E-state index contributed by atoms with van der Waals surface area (Å²) in [6.45, 7) is 1.54. The van der Waals surface area contributed by atoms with Gasteiger partial charge in [0.15, 0.2) is 0 Å². The van der Waals surface area contributed by atoms with E-state index < -0.39 is 35.2 Å². The molecule has 0 saturated carbocycles. The fourth-order valence-electron chi connectivity index (χ4n) is 1.94. The first-order valence-electron chi connectivity index (χ1n) is 6.69. The molecule has 1 atom stereocenters. The van der Waals surface area contributed by atoms with Crippen LogP contribution in [0.15, 0.2) is 41.3 Å². The van der Waals surface area contributed by atoms with Gasteiger partial charge in [0.2, 0.25) is 5.91 Å². The second-order valence-electron chi connectivity index (χ2n) is 4.82. The lowest BCUT2D eigenvalue weighted by Crippen LogP contribution is -2.28. The first-order chi connectivity index (χ1) is 10.9. The summed E-state index contributed by atoms with van der Waals surface area (Å²) in [7, 11) is 0. The fourth-order valence-corrected chi connectivity index (χ4v) is 2.72. The van der Waals surface area contributed by atoms with Crippen molar-refractivity contribution < 1.29 is 22.4 Å². The van der Waals surface area contributed by atoms with Crippen molar-refractivity contribution in [2.75, 3.05) is 5.75 Å². The minimum Gasteiger partial charge on any atom is -0.349 e. The highest BCUT2D eigenvalue weighted by Crippen LogP contribution is 2.23. The van der Waals surface area contributed by atoms with E-state index in [1.54, 1.807) is 6.92 Å². The Morgan fingerprint density at radius 1 is 1.04 bits per heavy atom. The van der Waals surface area contributed by atoms with Gasteiger partial charge in [0.25, 0.3) is 0 Å². The zero-order valence-corrected chi connectivity index (χ0v) is 12.9. The van der Waals surface area contributed by atoms with E-state index >= 15 is 0 Å². The third-order valence-corrected chi connectivity index (χ3v) is 4.09. The number of nitrogens with one attached hydrogen (secondary N) is 1. The molecule has 1 N–H and O–H groups in total. The van der Waals surface area contributed by atoms with Gasteiger partial charge in [-0.15, -0.1) is 11.8 Å². The van der Waals surface area contributed by atoms with E-state index in [1.807, 2.05) is 0 Å². The Balaban J connectivity index is 1.95. The Morgan fingerprint density at radius 2 is 1.70 bits per heavy atom. The Labute approximate surface area is 134 Å². The number of rotatable bonds is 5. The first-order valence-corrected chi connectivity index (χ1v) is 7.67. The molecule has 0 saturated heterocycles. The molecule has 7 heteroatoms. The van der Waals surface area contributed by atoms with Gasteiger partial charge in [0.1, 0.15) is 23.3 Å². The number of carbonyl (C=O) groups is 1. The summed E-state index contributed by atoms with van der Waals surface area (Å²) in [5.74, 6) is -3.33. The zero-order chi connectivity index (χ0) is 17.0. The molecule has 122 valence electrons. The summed E-state index contributed by atoms with van der Waals surface area (Å²) in [6, 6.07) is 5.35. The van der Waals surface area contributed by atoms with Gasteiger partial charge >= 0.3 is 0 Å². The number of halogens is 4. The van der Waals surface area contributed by atoms with Crippen LogP contribution in [0.1, 0.15) is 18.5 Å². The molecule has 2 nitrogen and oxygen atoms in total. The lowest BCUT2D eigenvalue weighted by molar-refractivity contribution is -0.119. The maximum absolute atomic E-state index is 13.6. The number of hydrogen-bond acceptors (Lipinski definition) is 2. The highest BCUT2D eigenvalue weighted by atomic mass is 32.2. The molecule has 0 aromatic heterocycles. The molecule has 0 radical (unpaired) electrons. The van der Waals surface area contributed by atoms with Crippen LogP contribution in [0.25, 0.3) is 0 Å². The number of thioether (sulfide) groups is 1. The molecule has 0 fully saturated rings. The number of amides is 1. The van der Waals surface area contributed by atoms with Crippen molar-refractivity contribution in [2.45, 2.75) is 17.9 Å². The summed E-state index contributed by atoms with van der Waals surface area (Å²) < 4.78 is 52.9. The summed E-state index contributed by atoms with van der Waals surface area (Å²) in [5.41, 5.74) is 0.140. The normalized spacial score (nSPS) is 12.0. The molecule has 0 aliphatic rings. The van der Waals surface area contributed by atoms with Gasteiger partial charge in [0.05, 0.1) is 11.8 Å². The SMILES string of the molecule is C[C@H](NC(=O)CSc1cc(F)ccc1F)c1ccc(F)cc1F. The van der Waals surface area contributed by atoms with Crippen LogP contribution in [0.5, 0.6) is 0 Å². The van der Waals surface area contributed by atoms with Gasteiger partial charge < -0.3 is 5.32 Å². The molecule has 0 aliphatic heterocycles. The Kier molecular flexibility index (Phi) is 5.65. The summed E-state index contributed by atoms with van der Waals surface area (Å²) in [4.78, 5) is 11.8. The largest absolute Gasteiger partial charge is 0.349 e. The molecule has 0 bridgehead atoms. The molecular weight excluding hydrogens is 330 g/mol. The minimum absolute atomic E-state index is 0.0146. The number of carbonyl (C=O) groups excluding carboxylic acids is 1. The topological polar surface area (TPSA) is 29.1 Å². The monoisotopic (exact) mass is 343 g/mol. The van der Waals surface area contributed by atoms with Crippen LogP contribution in [0.2, 0.25) is 0 Å². The molecule has 2 rings (SSSR count). The summed E-state index contributed by atoms with van der Waals surface area (Å²) in [5, 5.41) is 2.52. The molecule has 0 unspecified atom stereocenters. The van der Waals surface area contributed by atoms with Crippen molar-refractivity contribution in [1.82, 2.24) is 5.32 Å². The maximum atomic E-state index is 13.6. The summed E-state index contributed by atoms with van der Waals surface area (Å²) in [6.07, 6.45) is 0. The van der Waals surface area contributed by atoms with E-state index in [0.717, 1.165) is 42.1 Å². The molecule has 23 heavy (non-hydrogen) atoms. The van der Waals surface area contributed by atoms with Gasteiger partial charge in [-0.25, -0.2) is 17.6 Å². The van der Waals surface area contributed by atoms with E-state index in [1.165, 1.54) is 6.07 Å². The average Bonchev–Trinajstić information content (AvgIpc) is 2.48. The predicted octanol–water partition coefficient (Wildman–Crippen LogP) is 4.21. The van der Waals surface area contributed by atoms with E-state index in [-0.39, 0.29) is 16.2 Å². The molecule has 1 amide bonds. The van der Waals surface area contributed by atoms with Crippen LogP contribution >= 0.6 is 11.8 Å². The number of benzene rings is 2. The molecule has 0 aliphatic carbocycles. The molecule has 2 aromatic rings. The highest BCUT2D eigenvalue weighted by molar-refractivity contribution is 8.00. The standard InChI is InChI=1S/C16H13F4NOS/c1-9(12-4-2-10(17)6-14(12)20)21-16(22)8-23-15-7-11(18)3-5-13(15)19/h2-7,9H,8H2,1H3,(H,21,22)/t9-/m0/s1. The lowest BCUT2D eigenvalue weighted by atomic mass is 10.1. The van der Waals surface area contributed by atoms with Crippen molar-refractivity contribution in [2.24, 2.45) is 0 Å². The average molecular weight is 343 g/mol. The third-order valence-electron chi connectivity index (χ3n) is 3.06. The molecule has 2 aromatic carbocycles.